The van der Waals surface area contributed by atoms with Gasteiger partial charge in [0.1, 0.15) is 0 Å². The van der Waals surface area contributed by atoms with Crippen molar-refractivity contribution in [2.45, 2.75) is 6.92 Å². The first-order valence-electron chi connectivity index (χ1n) is 3.91. The van der Waals surface area contributed by atoms with Gasteiger partial charge in [-0.05, 0) is 0 Å². The van der Waals surface area contributed by atoms with Gasteiger partial charge in [-0.3, -0.25) is 0 Å². The maximum atomic E-state index is 8.75. The summed E-state index contributed by atoms with van der Waals surface area (Å²) in [6.45, 7) is 2.17. The Morgan fingerprint density at radius 3 is 2.62 bits per heavy atom. The van der Waals surface area contributed by atoms with Crippen LogP contribution in [0.25, 0.3) is 0 Å². The summed E-state index contributed by atoms with van der Waals surface area (Å²) in [4.78, 5) is 2.04. The molecule has 3 heteroatoms. The van der Waals surface area contributed by atoms with Crippen LogP contribution in [0.5, 0.6) is 0 Å². The first-order chi connectivity index (χ1) is 6.22. The van der Waals surface area contributed by atoms with Gasteiger partial charge in [0.05, 0.1) is 0 Å². The maximum absolute atomic E-state index is 8.75. The molecule has 0 heterocycles. The first kappa shape index (κ1) is 11.0. The van der Waals surface area contributed by atoms with E-state index in [0.29, 0.717) is 15.0 Å². The van der Waals surface area contributed by atoms with Crippen LogP contribution >= 0.6 is 15.9 Å². The fourth-order valence-corrected chi connectivity index (χ4v) is 2.60. The van der Waals surface area contributed by atoms with Gasteiger partial charge in [0, 0.05) is 0 Å². The Hall–Kier alpha value is -0.0805. The van der Waals surface area contributed by atoms with Crippen LogP contribution in [-0.4, -0.2) is 26.7 Å². The summed E-state index contributed by atoms with van der Waals surface area (Å²) in [5.41, 5.74) is 1.28. The number of hydrogen-bond donors (Lipinski definition) is 1. The summed E-state index contributed by atoms with van der Waals surface area (Å²) in [6, 6.07) is 8.47. The molecule has 0 bridgehead atoms. The minimum absolute atomic E-state index is 0.0909. The third-order valence-corrected chi connectivity index (χ3v) is 4.64. The molecule has 0 unspecified atom stereocenters. The van der Waals surface area contributed by atoms with Crippen molar-refractivity contribution in [3.63, 3.8) is 0 Å². The number of benzene rings is 1. The van der Waals surface area contributed by atoms with Crippen LogP contribution in [0.4, 0.5) is 0 Å². The van der Waals surface area contributed by atoms with Crippen LogP contribution < -0.4 is 4.46 Å². The molecule has 0 fully saturated rings. The second kappa shape index (κ2) is 5.61. The summed E-state index contributed by atoms with van der Waals surface area (Å²) in [7, 11) is 0. The molecule has 1 N–H and O–H groups in total. The van der Waals surface area contributed by atoms with E-state index in [2.05, 4.69) is 47.1 Å². The van der Waals surface area contributed by atoms with Gasteiger partial charge in [-0.15, -0.1) is 0 Å². The zero-order valence-corrected chi connectivity index (χ0v) is 10.6. The molecule has 1 nitrogen and oxygen atoms in total. The van der Waals surface area contributed by atoms with E-state index < -0.39 is 0 Å². The average Bonchev–Trinajstić information content (AvgIpc) is 2.16. The summed E-state index contributed by atoms with van der Waals surface area (Å²) in [6.07, 6.45) is 0. The predicted octanol–water partition coefficient (Wildman–Crippen LogP) is 1.55. The number of aliphatic hydroxyl groups excluding tert-OH is 1. The summed E-state index contributed by atoms with van der Waals surface area (Å²) < 4.78 is 2.19. The Kier molecular flexibility index (Phi) is 4.74. The summed E-state index contributed by atoms with van der Waals surface area (Å²) in [5, 5.41) is 8.75. The van der Waals surface area contributed by atoms with Gasteiger partial charge in [-0.2, -0.15) is 0 Å². The standard InChI is InChI=1S/C10H11BrOSe/c1-8-2-4-10(5-3-8)13-7-9(11)6-12/h2-5,7,12H,6H2,1H3/b9-7-. The SMILES string of the molecule is Cc1ccc([Se]/C=C(\Br)CO)cc1. The van der Waals surface area contributed by atoms with Crippen LogP contribution in [0.3, 0.4) is 0 Å². The molecule has 13 heavy (non-hydrogen) atoms. The van der Waals surface area contributed by atoms with Gasteiger partial charge in [-0.1, -0.05) is 0 Å². The second-order valence-electron chi connectivity index (χ2n) is 2.65. The number of rotatable bonds is 3. The second-order valence-corrected chi connectivity index (χ2v) is 5.65. The average molecular weight is 306 g/mol. The monoisotopic (exact) mass is 306 g/mol. The fraction of sp³-hybridized carbons (Fsp3) is 0.200. The van der Waals surface area contributed by atoms with E-state index in [9.17, 15) is 0 Å². The van der Waals surface area contributed by atoms with Crippen LogP contribution in [0.1, 0.15) is 5.56 Å². The molecular formula is C10H11BrOSe. The van der Waals surface area contributed by atoms with E-state index in [1.165, 1.54) is 10.0 Å². The van der Waals surface area contributed by atoms with Gasteiger partial charge < -0.3 is 0 Å². The molecule has 0 aliphatic heterocycles. The molecule has 0 saturated carbocycles. The quantitative estimate of drug-likeness (QED) is 0.840. The van der Waals surface area contributed by atoms with Gasteiger partial charge in [0.15, 0.2) is 0 Å². The van der Waals surface area contributed by atoms with E-state index in [1.54, 1.807) is 0 Å². The van der Waals surface area contributed by atoms with E-state index >= 15 is 0 Å². The number of halogens is 1. The Labute approximate surface area is 93.1 Å². The molecule has 0 aromatic heterocycles. The van der Waals surface area contributed by atoms with Crippen molar-refractivity contribution in [1.29, 1.82) is 0 Å². The van der Waals surface area contributed by atoms with E-state index in [0.717, 1.165) is 4.48 Å². The zero-order chi connectivity index (χ0) is 9.68. The van der Waals surface area contributed by atoms with Crippen LogP contribution in [0, 0.1) is 6.92 Å². The third-order valence-electron chi connectivity index (χ3n) is 1.49. The molecule has 0 atom stereocenters. The van der Waals surface area contributed by atoms with Gasteiger partial charge >= 0.3 is 93.3 Å². The molecule has 0 spiro atoms. The number of aliphatic hydroxyl groups is 1. The molecule has 0 amide bonds. The van der Waals surface area contributed by atoms with Crippen molar-refractivity contribution < 1.29 is 5.11 Å². The molecule has 1 rings (SSSR count). The molecular weight excluding hydrogens is 295 g/mol. The van der Waals surface area contributed by atoms with Crippen LogP contribution in [0.2, 0.25) is 0 Å². The van der Waals surface area contributed by atoms with Gasteiger partial charge in [0.2, 0.25) is 0 Å². The Morgan fingerprint density at radius 2 is 2.08 bits per heavy atom. The number of hydrogen-bond acceptors (Lipinski definition) is 1. The van der Waals surface area contributed by atoms with E-state index in [1.807, 2.05) is 4.97 Å². The molecule has 0 aliphatic rings. The minimum atomic E-state index is 0.0909. The van der Waals surface area contributed by atoms with Gasteiger partial charge in [0.25, 0.3) is 0 Å². The molecule has 1 aromatic rings. The molecule has 0 saturated heterocycles. The van der Waals surface area contributed by atoms with Crippen molar-refractivity contribution in [2.24, 2.45) is 0 Å². The molecule has 0 aliphatic carbocycles. The summed E-state index contributed by atoms with van der Waals surface area (Å²) in [5.74, 6) is 0. The van der Waals surface area contributed by atoms with Crippen molar-refractivity contribution >= 4 is 35.3 Å². The zero-order valence-electron chi connectivity index (χ0n) is 7.33. The van der Waals surface area contributed by atoms with Crippen molar-refractivity contribution in [3.8, 4) is 0 Å². The normalized spacial score (nSPS) is 11.8. The predicted molar refractivity (Wildman–Crippen MR) is 60.7 cm³/mol. The topological polar surface area (TPSA) is 20.2 Å². The van der Waals surface area contributed by atoms with E-state index in [-0.39, 0.29) is 6.61 Å². The first-order valence-corrected chi connectivity index (χ1v) is 6.55. The van der Waals surface area contributed by atoms with Gasteiger partial charge in [-0.25, -0.2) is 0 Å². The summed E-state index contributed by atoms with van der Waals surface area (Å²) >= 11 is 3.59. The molecule has 0 radical (unpaired) electrons. The van der Waals surface area contributed by atoms with Crippen molar-refractivity contribution in [2.75, 3.05) is 6.61 Å². The molecule has 70 valence electrons. The van der Waals surface area contributed by atoms with Crippen molar-refractivity contribution in [3.05, 3.63) is 39.3 Å². The fourth-order valence-electron chi connectivity index (χ4n) is 0.786. The van der Waals surface area contributed by atoms with Crippen LogP contribution in [-0.2, 0) is 0 Å². The van der Waals surface area contributed by atoms with Crippen molar-refractivity contribution in [1.82, 2.24) is 0 Å². The van der Waals surface area contributed by atoms with E-state index in [4.69, 9.17) is 5.11 Å². The van der Waals surface area contributed by atoms with Crippen LogP contribution in [0.15, 0.2) is 33.7 Å². The Bertz CT molecular complexity index is 292. The Balaban J connectivity index is 2.60. The third kappa shape index (κ3) is 4.10. The Morgan fingerprint density at radius 1 is 1.46 bits per heavy atom. The number of aryl methyl sites for hydroxylation is 1. The molecule has 1 aromatic carbocycles.